The Morgan fingerprint density at radius 3 is 2.49 bits per heavy atom. The Morgan fingerprint density at radius 2 is 1.82 bits per heavy atom. The molecule has 1 aliphatic heterocycles. The second-order valence-electron chi connectivity index (χ2n) is 7.80. The summed E-state index contributed by atoms with van der Waals surface area (Å²) in [5.41, 5.74) is 1.76. The lowest BCUT2D eigenvalue weighted by Crippen LogP contribution is -2.56. The fraction of sp³-hybridized carbons (Fsp3) is 0.190. The Balaban J connectivity index is 1.46. The van der Waals surface area contributed by atoms with Crippen molar-refractivity contribution in [2.75, 3.05) is 19.0 Å². The first-order valence-electron chi connectivity index (χ1n) is 11.0. The summed E-state index contributed by atoms with van der Waals surface area (Å²) in [4.78, 5) is 40.5. The third-order valence-electron chi connectivity index (χ3n) is 5.12. The molecule has 0 saturated heterocycles. The maximum atomic E-state index is 13.2. The molecule has 2 amide bonds. The maximum absolute atomic E-state index is 13.2. The van der Waals surface area contributed by atoms with E-state index >= 15 is 0 Å². The Bertz CT molecular complexity index is 1590. The molecular formula is C21H22N8O8S2. The first-order chi connectivity index (χ1) is 18.5. The summed E-state index contributed by atoms with van der Waals surface area (Å²) in [6.07, 6.45) is 3.16. The average Bonchev–Trinajstić information content (AvgIpc) is 2.93. The normalized spacial score (nSPS) is 15.2. The van der Waals surface area contributed by atoms with Crippen LogP contribution in [0.15, 0.2) is 64.9 Å². The summed E-state index contributed by atoms with van der Waals surface area (Å²) in [7, 11) is -7.21. The van der Waals surface area contributed by atoms with Crippen LogP contribution in [0, 0.1) is 0 Å². The highest BCUT2D eigenvalue weighted by molar-refractivity contribution is 7.89. The molecule has 206 valence electrons. The molecule has 1 aliphatic rings. The largest absolute Gasteiger partial charge is 0.497 e. The van der Waals surface area contributed by atoms with E-state index in [0.29, 0.717) is 5.75 Å². The van der Waals surface area contributed by atoms with Gasteiger partial charge in [0.05, 0.1) is 23.9 Å². The van der Waals surface area contributed by atoms with E-state index in [-0.39, 0.29) is 22.2 Å². The number of rotatable bonds is 10. The average molecular weight is 579 g/mol. The van der Waals surface area contributed by atoms with Crippen molar-refractivity contribution in [1.29, 1.82) is 0 Å². The summed E-state index contributed by atoms with van der Waals surface area (Å²) >= 11 is 0. The van der Waals surface area contributed by atoms with Gasteiger partial charge in [-0.1, -0.05) is 0 Å². The number of carbonyl (C=O) groups is 2. The van der Waals surface area contributed by atoms with Crippen molar-refractivity contribution in [3.63, 3.8) is 0 Å². The van der Waals surface area contributed by atoms with Crippen LogP contribution in [0.3, 0.4) is 0 Å². The van der Waals surface area contributed by atoms with Crippen LogP contribution in [0.4, 0.5) is 5.69 Å². The summed E-state index contributed by atoms with van der Waals surface area (Å²) in [6, 6.07) is 7.87. The number of benzene rings is 1. The molecule has 0 spiro atoms. The van der Waals surface area contributed by atoms with E-state index in [1.165, 1.54) is 63.0 Å². The van der Waals surface area contributed by atoms with E-state index in [4.69, 9.17) is 9.47 Å². The van der Waals surface area contributed by atoms with E-state index in [0.717, 1.165) is 11.1 Å². The summed E-state index contributed by atoms with van der Waals surface area (Å²) in [6.45, 7) is 0.949. The molecule has 0 saturated carbocycles. The molecule has 18 heteroatoms. The molecule has 0 fully saturated rings. The molecule has 3 heterocycles. The summed E-state index contributed by atoms with van der Waals surface area (Å²) in [5, 5.41) is 3.03. The van der Waals surface area contributed by atoms with Crippen molar-refractivity contribution in [3.05, 3.63) is 60.7 Å². The highest BCUT2D eigenvalue weighted by Gasteiger charge is 2.35. The standard InChI is InChI=1S/C21H22N8O8S2/c1-13-24-16-7-8-19(39(34,35)27-26-17(30)12-37-18-11-22-9-10-23-18)25-20(16)21(31)29(13)28-38(32,33)15-5-3-14(36-2)4-6-15/h3-11,13,24,27-28H,12H2,1-2H3,(H,26,30). The van der Waals surface area contributed by atoms with Crippen molar-refractivity contribution in [3.8, 4) is 11.6 Å². The number of anilines is 1. The van der Waals surface area contributed by atoms with Crippen molar-refractivity contribution in [2.45, 2.75) is 23.0 Å². The maximum Gasteiger partial charge on any atom is 0.291 e. The number of pyridine rings is 1. The molecule has 1 atom stereocenters. The zero-order valence-electron chi connectivity index (χ0n) is 20.4. The minimum Gasteiger partial charge on any atom is -0.497 e. The highest BCUT2D eigenvalue weighted by Crippen LogP contribution is 2.25. The first kappa shape index (κ1) is 27.6. The molecule has 4 rings (SSSR count). The molecule has 1 unspecified atom stereocenters. The van der Waals surface area contributed by atoms with Gasteiger partial charge in [-0.15, -0.1) is 9.66 Å². The van der Waals surface area contributed by atoms with E-state index < -0.39 is 49.7 Å². The van der Waals surface area contributed by atoms with E-state index in [2.05, 4.69) is 25.1 Å². The third kappa shape index (κ3) is 6.37. The predicted octanol–water partition coefficient (Wildman–Crippen LogP) is -0.624. The number of hydrazine groups is 2. The van der Waals surface area contributed by atoms with E-state index in [1.807, 2.05) is 10.3 Å². The fourth-order valence-electron chi connectivity index (χ4n) is 3.22. The minimum atomic E-state index is -4.44. The van der Waals surface area contributed by atoms with Crippen LogP contribution in [0.5, 0.6) is 11.6 Å². The zero-order chi connectivity index (χ0) is 28.2. The molecule has 4 N–H and O–H groups in total. The molecule has 16 nitrogen and oxygen atoms in total. The topological polar surface area (TPSA) is 211 Å². The van der Waals surface area contributed by atoms with Crippen molar-refractivity contribution in [1.82, 2.24) is 35.0 Å². The van der Waals surface area contributed by atoms with Crippen molar-refractivity contribution in [2.24, 2.45) is 0 Å². The van der Waals surface area contributed by atoms with Gasteiger partial charge in [0.25, 0.3) is 31.9 Å². The van der Waals surface area contributed by atoms with Crippen LogP contribution in [-0.2, 0) is 24.8 Å². The monoisotopic (exact) mass is 578 g/mol. The number of methoxy groups -OCH3 is 1. The zero-order valence-corrected chi connectivity index (χ0v) is 22.0. The van der Waals surface area contributed by atoms with E-state index in [1.54, 1.807) is 0 Å². The van der Waals surface area contributed by atoms with Crippen LogP contribution in [0.2, 0.25) is 0 Å². The van der Waals surface area contributed by atoms with Crippen LogP contribution in [-0.4, -0.2) is 68.5 Å². The number of ether oxygens (including phenoxy) is 2. The van der Waals surface area contributed by atoms with Gasteiger partial charge in [0.15, 0.2) is 17.3 Å². The minimum absolute atomic E-state index is 0.0549. The van der Waals surface area contributed by atoms with Gasteiger partial charge >= 0.3 is 0 Å². The number of nitrogens with one attached hydrogen (secondary N) is 4. The number of hydrogen-bond acceptors (Lipinski definition) is 12. The van der Waals surface area contributed by atoms with Crippen LogP contribution in [0.25, 0.3) is 0 Å². The lowest BCUT2D eigenvalue weighted by atomic mass is 10.2. The van der Waals surface area contributed by atoms with Gasteiger partial charge in [-0.05, 0) is 43.3 Å². The molecule has 2 aromatic heterocycles. The van der Waals surface area contributed by atoms with Gasteiger partial charge in [0, 0.05) is 12.4 Å². The predicted molar refractivity (Wildman–Crippen MR) is 133 cm³/mol. The molecule has 39 heavy (non-hydrogen) atoms. The number of carbonyl (C=O) groups excluding carboxylic acids is 2. The third-order valence-corrected chi connectivity index (χ3v) is 7.60. The fourth-order valence-corrected chi connectivity index (χ4v) is 5.13. The van der Waals surface area contributed by atoms with Gasteiger partial charge in [-0.3, -0.25) is 20.0 Å². The van der Waals surface area contributed by atoms with Crippen LogP contribution in [0.1, 0.15) is 17.4 Å². The Labute approximate surface area is 222 Å². The summed E-state index contributed by atoms with van der Waals surface area (Å²) < 4.78 is 61.2. The van der Waals surface area contributed by atoms with Crippen molar-refractivity contribution >= 4 is 37.5 Å². The van der Waals surface area contributed by atoms with Gasteiger partial charge in [-0.2, -0.15) is 0 Å². The number of nitrogens with zero attached hydrogens (tertiary/aromatic N) is 4. The number of sulfonamides is 2. The molecule has 1 aromatic carbocycles. The molecule has 0 bridgehead atoms. The highest BCUT2D eigenvalue weighted by atomic mass is 32.2. The smallest absolute Gasteiger partial charge is 0.291 e. The first-order valence-corrected chi connectivity index (χ1v) is 13.9. The van der Waals surface area contributed by atoms with E-state index in [9.17, 15) is 26.4 Å². The van der Waals surface area contributed by atoms with Gasteiger partial charge in [-0.25, -0.2) is 31.8 Å². The number of amides is 2. The number of fused-ring (bicyclic) bond motifs is 1. The van der Waals surface area contributed by atoms with Crippen LogP contribution < -0.4 is 29.9 Å². The quantitative estimate of drug-likeness (QED) is 0.222. The molecule has 0 aliphatic carbocycles. The lowest BCUT2D eigenvalue weighted by molar-refractivity contribution is -0.123. The Morgan fingerprint density at radius 1 is 1.08 bits per heavy atom. The van der Waals surface area contributed by atoms with Gasteiger partial charge in [0.1, 0.15) is 11.9 Å². The summed E-state index contributed by atoms with van der Waals surface area (Å²) in [5.74, 6) is -1.27. The Kier molecular flexibility index (Phi) is 7.90. The number of aromatic nitrogens is 3. The molecule has 3 aromatic rings. The second kappa shape index (κ2) is 11.2. The second-order valence-corrected chi connectivity index (χ2v) is 11.1. The number of hydrogen-bond donors (Lipinski definition) is 4. The molecular weight excluding hydrogens is 556 g/mol. The van der Waals surface area contributed by atoms with Gasteiger partial charge < -0.3 is 14.8 Å². The lowest BCUT2D eigenvalue weighted by Gasteiger charge is -2.34. The van der Waals surface area contributed by atoms with Gasteiger partial charge in [0.2, 0.25) is 5.88 Å². The molecule has 0 radical (unpaired) electrons. The van der Waals surface area contributed by atoms with Crippen molar-refractivity contribution < 1.29 is 35.9 Å². The van der Waals surface area contributed by atoms with Crippen LogP contribution >= 0.6 is 0 Å². The SMILES string of the molecule is COc1ccc(S(=O)(=O)NN2C(=O)c3nc(S(=O)(=O)NNC(=O)COc4cnccn4)ccc3NC2C)cc1. The Hall–Kier alpha value is -4.39.